The first kappa shape index (κ1) is 14.5. The third-order valence-corrected chi connectivity index (χ3v) is 5.22. The van der Waals surface area contributed by atoms with E-state index in [-0.39, 0.29) is 6.54 Å². The fraction of sp³-hybridized carbons (Fsp3) is 0.308. The first-order valence-electron chi connectivity index (χ1n) is 6.13. The van der Waals surface area contributed by atoms with E-state index >= 15 is 0 Å². The van der Waals surface area contributed by atoms with Crippen molar-refractivity contribution in [3.63, 3.8) is 0 Å². The molecule has 2 rings (SSSR count). The Bertz CT molecular complexity index is 685. The van der Waals surface area contributed by atoms with Gasteiger partial charge in [0.25, 0.3) is 0 Å². The van der Waals surface area contributed by atoms with Crippen molar-refractivity contribution in [2.45, 2.75) is 25.3 Å². The van der Waals surface area contributed by atoms with Gasteiger partial charge in [-0.2, -0.15) is 9.40 Å². The second-order valence-electron chi connectivity index (χ2n) is 4.85. The van der Waals surface area contributed by atoms with Crippen LogP contribution in [0.15, 0.2) is 29.4 Å². The molecule has 0 spiro atoms. The quantitative estimate of drug-likeness (QED) is 0.834. The lowest BCUT2D eigenvalue weighted by atomic mass is 10.1. The Hall–Kier alpha value is -1.86. The van der Waals surface area contributed by atoms with Gasteiger partial charge in [0.05, 0.1) is 11.1 Å². The number of hydrogen-bond acceptors (Lipinski definition) is 4. The second-order valence-corrected chi connectivity index (χ2v) is 6.83. The summed E-state index contributed by atoms with van der Waals surface area (Å²) in [5, 5.41) is 6.48. The van der Waals surface area contributed by atoms with Gasteiger partial charge in [0, 0.05) is 31.0 Å². The predicted molar refractivity (Wildman–Crippen MR) is 77.6 cm³/mol. The Morgan fingerprint density at radius 1 is 1.30 bits per heavy atom. The molecule has 0 aliphatic heterocycles. The topological polar surface area (TPSA) is 92.1 Å². The molecule has 0 amide bonds. The average Bonchev–Trinajstić information content (AvgIpc) is 2.79. The summed E-state index contributed by atoms with van der Waals surface area (Å²) < 4.78 is 26.6. The third-order valence-electron chi connectivity index (χ3n) is 3.11. The minimum Gasteiger partial charge on any atom is -0.399 e. The molecule has 0 unspecified atom stereocenters. The number of nitrogen functional groups attached to an aromatic ring is 1. The van der Waals surface area contributed by atoms with Crippen LogP contribution in [-0.4, -0.2) is 30.0 Å². The van der Waals surface area contributed by atoms with Crippen molar-refractivity contribution < 1.29 is 8.42 Å². The van der Waals surface area contributed by atoms with Crippen molar-refractivity contribution >= 4 is 15.7 Å². The van der Waals surface area contributed by atoms with E-state index in [1.807, 2.05) is 0 Å². The molecule has 0 aliphatic rings. The van der Waals surface area contributed by atoms with Crippen LogP contribution in [-0.2, 0) is 16.6 Å². The molecule has 108 valence electrons. The number of nitrogens with zero attached hydrogens (tertiary/aromatic N) is 2. The van der Waals surface area contributed by atoms with E-state index in [0.29, 0.717) is 21.7 Å². The van der Waals surface area contributed by atoms with E-state index in [2.05, 4.69) is 10.2 Å². The molecule has 0 aliphatic carbocycles. The Morgan fingerprint density at radius 3 is 2.40 bits per heavy atom. The van der Waals surface area contributed by atoms with Crippen LogP contribution in [0, 0.1) is 13.8 Å². The number of H-pyrrole nitrogens is 1. The summed E-state index contributed by atoms with van der Waals surface area (Å²) in [6.45, 7) is 3.77. The summed E-state index contributed by atoms with van der Waals surface area (Å²) >= 11 is 0. The summed E-state index contributed by atoms with van der Waals surface area (Å²) in [6, 6.07) is 3.34. The lowest BCUT2D eigenvalue weighted by molar-refractivity contribution is 0.466. The van der Waals surface area contributed by atoms with Crippen LogP contribution in [0.3, 0.4) is 0 Å². The summed E-state index contributed by atoms with van der Waals surface area (Å²) in [5.74, 6) is 0. The molecule has 0 fully saturated rings. The summed E-state index contributed by atoms with van der Waals surface area (Å²) in [7, 11) is -2.00. The molecule has 20 heavy (non-hydrogen) atoms. The number of anilines is 1. The molecule has 0 saturated carbocycles. The van der Waals surface area contributed by atoms with E-state index in [0.717, 1.165) is 5.56 Å². The molecule has 0 saturated heterocycles. The number of aryl methyl sites for hydroxylation is 2. The van der Waals surface area contributed by atoms with Crippen LogP contribution >= 0.6 is 0 Å². The number of rotatable bonds is 4. The Morgan fingerprint density at radius 2 is 1.90 bits per heavy atom. The number of aromatic amines is 1. The van der Waals surface area contributed by atoms with Crippen molar-refractivity contribution in [2.24, 2.45) is 0 Å². The zero-order valence-corrected chi connectivity index (χ0v) is 12.5. The monoisotopic (exact) mass is 294 g/mol. The van der Waals surface area contributed by atoms with Crippen molar-refractivity contribution in [2.75, 3.05) is 12.8 Å². The van der Waals surface area contributed by atoms with E-state index in [9.17, 15) is 8.42 Å². The highest BCUT2D eigenvalue weighted by atomic mass is 32.2. The number of nitrogens with two attached hydrogens (primary N) is 1. The Kier molecular flexibility index (Phi) is 3.82. The van der Waals surface area contributed by atoms with Gasteiger partial charge in [-0.1, -0.05) is 0 Å². The van der Waals surface area contributed by atoms with Gasteiger partial charge in [-0.05, 0) is 37.1 Å². The van der Waals surface area contributed by atoms with Crippen molar-refractivity contribution in [3.8, 4) is 0 Å². The van der Waals surface area contributed by atoms with Crippen LogP contribution in [0.4, 0.5) is 5.69 Å². The lowest BCUT2D eigenvalue weighted by Crippen LogP contribution is -2.27. The molecular weight excluding hydrogens is 276 g/mol. The molecule has 6 nitrogen and oxygen atoms in total. The molecule has 1 aromatic carbocycles. The molecule has 0 bridgehead atoms. The Labute approximate surface area is 118 Å². The number of hydrogen-bond donors (Lipinski definition) is 2. The summed E-state index contributed by atoms with van der Waals surface area (Å²) in [5.41, 5.74) is 8.42. The maximum absolute atomic E-state index is 12.7. The van der Waals surface area contributed by atoms with Gasteiger partial charge >= 0.3 is 0 Å². The van der Waals surface area contributed by atoms with Crippen LogP contribution in [0.2, 0.25) is 0 Å². The van der Waals surface area contributed by atoms with Gasteiger partial charge in [-0.15, -0.1) is 0 Å². The molecule has 0 atom stereocenters. The van der Waals surface area contributed by atoms with Gasteiger partial charge in [-0.25, -0.2) is 8.42 Å². The fourth-order valence-electron chi connectivity index (χ4n) is 2.25. The standard InChI is InChI=1S/C13H18N4O2S/c1-9-4-12(14)5-10(2)13(9)20(18,19)17(3)8-11-6-15-16-7-11/h4-7H,8,14H2,1-3H3,(H,15,16). The highest BCUT2D eigenvalue weighted by Gasteiger charge is 2.25. The first-order valence-corrected chi connectivity index (χ1v) is 7.57. The first-order chi connectivity index (χ1) is 9.32. The fourth-order valence-corrected chi connectivity index (χ4v) is 3.81. The predicted octanol–water partition coefficient (Wildman–Crippen LogP) is 1.43. The van der Waals surface area contributed by atoms with Gasteiger partial charge in [0.15, 0.2) is 0 Å². The van der Waals surface area contributed by atoms with E-state index < -0.39 is 10.0 Å². The smallest absolute Gasteiger partial charge is 0.243 e. The number of nitrogens with one attached hydrogen (secondary N) is 1. The van der Waals surface area contributed by atoms with Crippen LogP contribution in [0.1, 0.15) is 16.7 Å². The number of aromatic nitrogens is 2. The van der Waals surface area contributed by atoms with Gasteiger partial charge < -0.3 is 5.73 Å². The molecule has 2 aromatic rings. The normalized spacial score (nSPS) is 12.0. The summed E-state index contributed by atoms with van der Waals surface area (Å²) in [6.07, 6.45) is 3.28. The zero-order valence-electron chi connectivity index (χ0n) is 11.7. The van der Waals surface area contributed by atoms with Crippen molar-refractivity contribution in [1.82, 2.24) is 14.5 Å². The molecule has 3 N–H and O–H groups in total. The van der Waals surface area contributed by atoms with E-state index in [1.165, 1.54) is 4.31 Å². The molecular formula is C13H18N4O2S. The molecule has 1 heterocycles. The molecule has 7 heteroatoms. The molecule has 0 radical (unpaired) electrons. The largest absolute Gasteiger partial charge is 0.399 e. The lowest BCUT2D eigenvalue weighted by Gasteiger charge is -2.19. The highest BCUT2D eigenvalue weighted by molar-refractivity contribution is 7.89. The zero-order chi connectivity index (χ0) is 14.9. The van der Waals surface area contributed by atoms with Crippen molar-refractivity contribution in [3.05, 3.63) is 41.2 Å². The number of benzene rings is 1. The number of sulfonamides is 1. The van der Waals surface area contributed by atoms with Gasteiger partial charge in [0.1, 0.15) is 0 Å². The third kappa shape index (κ3) is 2.68. The van der Waals surface area contributed by atoms with Crippen LogP contribution < -0.4 is 5.73 Å². The van der Waals surface area contributed by atoms with Crippen LogP contribution in [0.25, 0.3) is 0 Å². The van der Waals surface area contributed by atoms with Crippen molar-refractivity contribution in [1.29, 1.82) is 0 Å². The maximum Gasteiger partial charge on any atom is 0.243 e. The summed E-state index contributed by atoms with van der Waals surface area (Å²) in [4.78, 5) is 0.317. The van der Waals surface area contributed by atoms with Gasteiger partial charge in [0.2, 0.25) is 10.0 Å². The van der Waals surface area contributed by atoms with Gasteiger partial charge in [-0.3, -0.25) is 5.10 Å². The molecule has 1 aromatic heterocycles. The van der Waals surface area contributed by atoms with E-state index in [1.54, 1.807) is 45.4 Å². The SMILES string of the molecule is Cc1cc(N)cc(C)c1S(=O)(=O)N(C)Cc1cn[nH]c1. The van der Waals surface area contributed by atoms with Crippen LogP contribution in [0.5, 0.6) is 0 Å². The maximum atomic E-state index is 12.7. The highest BCUT2D eigenvalue weighted by Crippen LogP contribution is 2.26. The van der Waals surface area contributed by atoms with E-state index in [4.69, 9.17) is 5.73 Å². The minimum absolute atomic E-state index is 0.266. The Balaban J connectivity index is 2.40. The minimum atomic E-state index is -3.56. The second kappa shape index (κ2) is 5.26. The average molecular weight is 294 g/mol.